The number of hydrogen-bond donors (Lipinski definition) is 3. The van der Waals surface area contributed by atoms with Gasteiger partial charge in [-0.15, -0.1) is 0 Å². The molecule has 0 aliphatic carbocycles. The Labute approximate surface area is 233 Å². The Kier molecular flexibility index (Phi) is 12.6. The highest BCUT2D eigenvalue weighted by Gasteiger charge is 2.54. The number of ketones is 1. The number of amides is 4. The molecule has 0 aromatic carbocycles. The molecule has 1 rings (SSSR count). The minimum Gasteiger partial charge on any atom is -0.391 e. The Morgan fingerprint density at radius 1 is 1.00 bits per heavy atom. The van der Waals surface area contributed by atoms with Gasteiger partial charge >= 0.3 is 0 Å². The number of epoxide rings is 1. The predicted octanol–water partition coefficient (Wildman–Crippen LogP) is 1.25. The van der Waals surface area contributed by atoms with Gasteiger partial charge in [0.15, 0.2) is 5.78 Å². The van der Waals surface area contributed by atoms with Gasteiger partial charge in [0.1, 0.15) is 23.7 Å². The molecule has 0 saturated carbocycles. The summed E-state index contributed by atoms with van der Waals surface area (Å²) in [6.07, 6.45) is -0.0875. The molecule has 1 aliphatic rings. The number of nitrogens with zero attached hydrogens (tertiary/aromatic N) is 2. The number of primary amides is 1. The zero-order chi connectivity index (χ0) is 30.4. The van der Waals surface area contributed by atoms with Gasteiger partial charge in [-0.3, -0.25) is 24.0 Å². The molecule has 4 amide bonds. The van der Waals surface area contributed by atoms with Crippen molar-refractivity contribution in [3.8, 4) is 0 Å². The van der Waals surface area contributed by atoms with E-state index in [1.807, 2.05) is 34.6 Å². The predicted molar refractivity (Wildman–Crippen MR) is 147 cm³/mol. The third-order valence-electron chi connectivity index (χ3n) is 7.88. The number of aliphatic hydroxyl groups excluding tert-OH is 1. The molecule has 11 heteroatoms. The van der Waals surface area contributed by atoms with Crippen LogP contribution in [-0.4, -0.2) is 93.8 Å². The van der Waals surface area contributed by atoms with E-state index in [1.165, 1.54) is 25.8 Å². The number of Topliss-reactive ketones (excluding diaryl/α,β-unsaturated/α-hetero) is 1. The van der Waals surface area contributed by atoms with Crippen LogP contribution in [-0.2, 0) is 28.7 Å². The number of hydrogen-bond acceptors (Lipinski definition) is 7. The smallest absolute Gasteiger partial charge is 0.246 e. The molecular formula is C28H50N4O7. The molecule has 0 aromatic rings. The molecule has 1 heterocycles. The molecule has 39 heavy (non-hydrogen) atoms. The standard InChI is InChI=1S/C28H50N4O7/c1-11-16(5)21(30-26(37)22(17(6)12-2)31(10)19(8)34)27(38)32(23(18(7)33)25(29)36)20(13-15(3)4)24(35)28(9)14-39-28/h15-18,20-23,33H,11-14H2,1-10H3,(H2,29,36)(H,30,37)/t16?,17?,18?,20?,21-,22-,23?,28?/m0/s1. The highest BCUT2D eigenvalue weighted by molar-refractivity contribution is 6.00. The van der Waals surface area contributed by atoms with Gasteiger partial charge in [0, 0.05) is 14.0 Å². The molecule has 1 aliphatic heterocycles. The summed E-state index contributed by atoms with van der Waals surface area (Å²) in [4.78, 5) is 68.9. The van der Waals surface area contributed by atoms with Crippen LogP contribution in [0.4, 0.5) is 0 Å². The second-order valence-corrected chi connectivity index (χ2v) is 11.7. The maximum atomic E-state index is 14.4. The normalized spacial score (nSPS) is 22.1. The first-order chi connectivity index (χ1) is 17.9. The third-order valence-corrected chi connectivity index (χ3v) is 7.88. The highest BCUT2D eigenvalue weighted by atomic mass is 16.6. The summed E-state index contributed by atoms with van der Waals surface area (Å²) < 4.78 is 5.39. The maximum absolute atomic E-state index is 14.4. The summed E-state index contributed by atoms with van der Waals surface area (Å²) in [5.74, 6) is -3.54. The summed E-state index contributed by atoms with van der Waals surface area (Å²) in [5, 5.41) is 13.4. The molecule has 0 spiro atoms. The van der Waals surface area contributed by atoms with Crippen LogP contribution in [0.1, 0.15) is 81.6 Å². The Hall–Kier alpha value is -2.53. The summed E-state index contributed by atoms with van der Waals surface area (Å²) in [5.41, 5.74) is 4.58. The molecule has 8 atom stereocenters. The summed E-state index contributed by atoms with van der Waals surface area (Å²) >= 11 is 0. The second kappa shape index (κ2) is 14.2. The fourth-order valence-electron chi connectivity index (χ4n) is 4.81. The van der Waals surface area contributed by atoms with Gasteiger partial charge in [0.25, 0.3) is 0 Å². The van der Waals surface area contributed by atoms with Gasteiger partial charge in [0.05, 0.1) is 18.8 Å². The average molecular weight is 555 g/mol. The summed E-state index contributed by atoms with van der Waals surface area (Å²) in [6.45, 7) is 15.6. The van der Waals surface area contributed by atoms with Crippen molar-refractivity contribution in [3.63, 3.8) is 0 Å². The van der Waals surface area contributed by atoms with Crippen LogP contribution in [0, 0.1) is 17.8 Å². The van der Waals surface area contributed by atoms with Gasteiger partial charge in [-0.25, -0.2) is 0 Å². The first-order valence-electron chi connectivity index (χ1n) is 14.0. The topological polar surface area (TPSA) is 163 Å². The minimum atomic E-state index is -1.51. The van der Waals surface area contributed by atoms with Gasteiger partial charge in [-0.2, -0.15) is 0 Å². The van der Waals surface area contributed by atoms with Crippen LogP contribution in [0.3, 0.4) is 0 Å². The van der Waals surface area contributed by atoms with E-state index in [0.29, 0.717) is 12.8 Å². The Morgan fingerprint density at radius 3 is 1.87 bits per heavy atom. The second-order valence-electron chi connectivity index (χ2n) is 11.7. The lowest BCUT2D eigenvalue weighted by Crippen LogP contribution is -2.66. The number of carbonyl (C=O) groups is 5. The van der Waals surface area contributed by atoms with Gasteiger partial charge in [-0.05, 0) is 38.0 Å². The number of ether oxygens (including phenoxy) is 1. The number of carbonyl (C=O) groups excluding carboxylic acids is 5. The zero-order valence-electron chi connectivity index (χ0n) is 25.3. The van der Waals surface area contributed by atoms with Crippen LogP contribution >= 0.6 is 0 Å². The zero-order valence-corrected chi connectivity index (χ0v) is 25.3. The quantitative estimate of drug-likeness (QED) is 0.242. The minimum absolute atomic E-state index is 0.0604. The number of likely N-dealkylation sites (N-methyl/N-ethyl adjacent to an activating group) is 1. The van der Waals surface area contributed by atoms with E-state index in [2.05, 4.69) is 5.32 Å². The fraction of sp³-hybridized carbons (Fsp3) is 0.821. The van der Waals surface area contributed by atoms with Gasteiger partial charge < -0.3 is 30.7 Å². The van der Waals surface area contributed by atoms with Gasteiger partial charge in [0.2, 0.25) is 23.6 Å². The lowest BCUT2D eigenvalue weighted by atomic mass is 9.88. The van der Waals surface area contributed by atoms with Crippen molar-refractivity contribution >= 4 is 29.4 Å². The fourth-order valence-corrected chi connectivity index (χ4v) is 4.81. The van der Waals surface area contributed by atoms with E-state index in [1.54, 1.807) is 13.8 Å². The van der Waals surface area contributed by atoms with Crippen LogP contribution < -0.4 is 11.1 Å². The Morgan fingerprint density at radius 2 is 1.51 bits per heavy atom. The van der Waals surface area contributed by atoms with Crippen LogP contribution in [0.5, 0.6) is 0 Å². The molecule has 0 bridgehead atoms. The van der Waals surface area contributed by atoms with E-state index >= 15 is 0 Å². The average Bonchev–Trinajstić information content (AvgIpc) is 3.60. The Bertz CT molecular complexity index is 902. The van der Waals surface area contributed by atoms with Crippen molar-refractivity contribution in [1.82, 2.24) is 15.1 Å². The van der Waals surface area contributed by atoms with Crippen molar-refractivity contribution in [3.05, 3.63) is 0 Å². The largest absolute Gasteiger partial charge is 0.391 e. The molecule has 6 unspecified atom stereocenters. The molecule has 11 nitrogen and oxygen atoms in total. The summed E-state index contributed by atoms with van der Waals surface area (Å²) in [6, 6.07) is -4.62. The first-order valence-corrected chi connectivity index (χ1v) is 14.0. The molecule has 1 saturated heterocycles. The van der Waals surface area contributed by atoms with E-state index < -0.39 is 59.5 Å². The van der Waals surface area contributed by atoms with Gasteiger partial charge in [-0.1, -0.05) is 54.4 Å². The number of aliphatic hydroxyl groups is 1. The number of rotatable bonds is 16. The maximum Gasteiger partial charge on any atom is 0.246 e. The monoisotopic (exact) mass is 554 g/mol. The van der Waals surface area contributed by atoms with Crippen molar-refractivity contribution < 1.29 is 33.8 Å². The van der Waals surface area contributed by atoms with E-state index in [0.717, 1.165) is 4.90 Å². The van der Waals surface area contributed by atoms with Crippen molar-refractivity contribution in [2.45, 2.75) is 117 Å². The Balaban J connectivity index is 3.69. The molecule has 224 valence electrons. The molecule has 1 fully saturated rings. The van der Waals surface area contributed by atoms with Crippen LogP contribution in [0.15, 0.2) is 0 Å². The SMILES string of the molecule is CCC(C)[C@H](NC(=O)[C@H](C(C)CC)N(C)C(C)=O)C(=O)N(C(CC(C)C)C(=O)C1(C)CO1)C(C(N)=O)C(C)O. The van der Waals surface area contributed by atoms with E-state index in [4.69, 9.17) is 10.5 Å². The summed E-state index contributed by atoms with van der Waals surface area (Å²) in [7, 11) is 1.54. The first kappa shape index (κ1) is 34.5. The van der Waals surface area contributed by atoms with Crippen LogP contribution in [0.2, 0.25) is 0 Å². The molecular weight excluding hydrogens is 504 g/mol. The molecule has 0 radical (unpaired) electrons. The third kappa shape index (κ3) is 8.48. The highest BCUT2D eigenvalue weighted by Crippen LogP contribution is 2.33. The lowest BCUT2D eigenvalue weighted by molar-refractivity contribution is -0.155. The molecule has 0 aromatic heterocycles. The van der Waals surface area contributed by atoms with E-state index in [9.17, 15) is 29.1 Å². The van der Waals surface area contributed by atoms with Crippen LogP contribution in [0.25, 0.3) is 0 Å². The number of nitrogens with one attached hydrogen (secondary N) is 1. The number of nitrogens with two attached hydrogens (primary N) is 1. The van der Waals surface area contributed by atoms with E-state index in [-0.39, 0.29) is 36.6 Å². The lowest BCUT2D eigenvalue weighted by Gasteiger charge is -2.42. The molecule has 4 N–H and O–H groups in total. The van der Waals surface area contributed by atoms with Crippen molar-refractivity contribution in [2.24, 2.45) is 23.5 Å². The van der Waals surface area contributed by atoms with Crippen molar-refractivity contribution in [2.75, 3.05) is 13.7 Å². The van der Waals surface area contributed by atoms with Crippen molar-refractivity contribution in [1.29, 1.82) is 0 Å².